The number of nitrogens with one attached hydrogen (secondary N) is 2. The summed E-state index contributed by atoms with van der Waals surface area (Å²) in [5, 5.41) is 1.26. The van der Waals surface area contributed by atoms with Gasteiger partial charge in [0.1, 0.15) is 0 Å². The van der Waals surface area contributed by atoms with Gasteiger partial charge >= 0.3 is 0 Å². The van der Waals surface area contributed by atoms with E-state index in [-0.39, 0.29) is 0 Å². The minimum absolute atomic E-state index is 0.421. The molecule has 0 bridgehead atoms. The first-order valence-electron chi connectivity index (χ1n) is 6.36. The summed E-state index contributed by atoms with van der Waals surface area (Å²) in [6.45, 7) is 0.769. The molecular formula is C14H18N2O. The number of hydrogen-bond acceptors (Lipinski definition) is 2. The molecule has 1 saturated carbocycles. The lowest BCUT2D eigenvalue weighted by Gasteiger charge is -2.11. The Morgan fingerprint density at radius 1 is 1.24 bits per heavy atom. The first kappa shape index (κ1) is 10.8. The zero-order valence-corrected chi connectivity index (χ0v) is 9.91. The fourth-order valence-electron chi connectivity index (χ4n) is 2.45. The molecule has 3 rings (SSSR count). The highest BCUT2D eigenvalue weighted by atomic mass is 16.7. The second-order valence-electron chi connectivity index (χ2n) is 4.74. The van der Waals surface area contributed by atoms with Gasteiger partial charge in [0.05, 0.1) is 6.10 Å². The van der Waals surface area contributed by atoms with Gasteiger partial charge in [-0.15, -0.1) is 0 Å². The third-order valence-corrected chi connectivity index (χ3v) is 3.45. The summed E-state index contributed by atoms with van der Waals surface area (Å²) in [6.07, 6.45) is 7.40. The van der Waals surface area contributed by atoms with E-state index in [1.54, 1.807) is 0 Å². The second-order valence-corrected chi connectivity index (χ2v) is 4.74. The minimum Gasteiger partial charge on any atom is -0.361 e. The molecule has 1 aromatic heterocycles. The van der Waals surface area contributed by atoms with E-state index < -0.39 is 0 Å². The van der Waals surface area contributed by atoms with Crippen LogP contribution in [0.15, 0.2) is 30.5 Å². The smallest absolute Gasteiger partial charge is 0.0790 e. The van der Waals surface area contributed by atoms with E-state index in [0.717, 1.165) is 6.54 Å². The van der Waals surface area contributed by atoms with Crippen LogP contribution in [0.1, 0.15) is 31.2 Å². The maximum absolute atomic E-state index is 5.64. The summed E-state index contributed by atoms with van der Waals surface area (Å²) in [4.78, 5) is 8.86. The number of H-pyrrole nitrogens is 1. The zero-order valence-electron chi connectivity index (χ0n) is 9.91. The first-order valence-corrected chi connectivity index (χ1v) is 6.36. The molecule has 1 aliphatic carbocycles. The van der Waals surface area contributed by atoms with E-state index in [2.05, 4.69) is 34.7 Å². The fourth-order valence-corrected chi connectivity index (χ4v) is 2.45. The Balaban J connectivity index is 1.56. The standard InChI is InChI=1S/C14H18N2O/c1-2-4-13(3-1)17-16-10-11-5-6-12-7-8-15-14(12)9-11/h5-9,13,15-16H,1-4,10H2. The number of aromatic amines is 1. The Morgan fingerprint density at radius 2 is 2.12 bits per heavy atom. The van der Waals surface area contributed by atoms with Crippen molar-refractivity contribution in [1.29, 1.82) is 0 Å². The maximum Gasteiger partial charge on any atom is 0.0790 e. The van der Waals surface area contributed by atoms with Crippen molar-refractivity contribution >= 4 is 10.9 Å². The van der Waals surface area contributed by atoms with Gasteiger partial charge in [-0.25, -0.2) is 0 Å². The minimum atomic E-state index is 0.421. The lowest BCUT2D eigenvalue weighted by molar-refractivity contribution is -0.0243. The van der Waals surface area contributed by atoms with E-state index >= 15 is 0 Å². The van der Waals surface area contributed by atoms with Crippen LogP contribution in [0, 0.1) is 0 Å². The highest BCUT2D eigenvalue weighted by molar-refractivity contribution is 5.79. The van der Waals surface area contributed by atoms with Crippen LogP contribution in [0.2, 0.25) is 0 Å². The lowest BCUT2D eigenvalue weighted by atomic mass is 10.2. The summed E-state index contributed by atoms with van der Waals surface area (Å²) in [7, 11) is 0. The third-order valence-electron chi connectivity index (χ3n) is 3.45. The van der Waals surface area contributed by atoms with Crippen LogP contribution < -0.4 is 5.48 Å². The number of rotatable bonds is 4. The highest BCUT2D eigenvalue weighted by Gasteiger charge is 2.15. The van der Waals surface area contributed by atoms with Crippen LogP contribution in [0.4, 0.5) is 0 Å². The van der Waals surface area contributed by atoms with Crippen molar-refractivity contribution in [2.75, 3.05) is 0 Å². The van der Waals surface area contributed by atoms with Crippen LogP contribution >= 0.6 is 0 Å². The summed E-state index contributed by atoms with van der Waals surface area (Å²) >= 11 is 0. The Morgan fingerprint density at radius 3 is 3.00 bits per heavy atom. The van der Waals surface area contributed by atoms with Gasteiger partial charge in [-0.05, 0) is 35.9 Å². The molecule has 0 aliphatic heterocycles. The third kappa shape index (κ3) is 2.51. The molecule has 0 amide bonds. The number of hydrogen-bond donors (Lipinski definition) is 2. The van der Waals surface area contributed by atoms with Crippen molar-refractivity contribution in [2.24, 2.45) is 0 Å². The Hall–Kier alpha value is -1.32. The molecule has 1 aromatic carbocycles. The van der Waals surface area contributed by atoms with Gasteiger partial charge in [-0.2, -0.15) is 5.48 Å². The van der Waals surface area contributed by atoms with Gasteiger partial charge in [-0.3, -0.25) is 4.84 Å². The van der Waals surface area contributed by atoms with Gasteiger partial charge in [0.2, 0.25) is 0 Å². The largest absolute Gasteiger partial charge is 0.361 e. The SMILES string of the molecule is c1cc2ccc(CNOC3CCCC3)cc2[nH]1. The number of aromatic nitrogens is 1. The molecule has 0 radical (unpaired) electrons. The zero-order chi connectivity index (χ0) is 11.5. The Kier molecular flexibility index (Phi) is 3.12. The van der Waals surface area contributed by atoms with Gasteiger partial charge in [-0.1, -0.05) is 25.0 Å². The Bertz CT molecular complexity index is 486. The van der Waals surface area contributed by atoms with Crippen LogP contribution in [0.25, 0.3) is 10.9 Å². The van der Waals surface area contributed by atoms with Crippen molar-refractivity contribution in [1.82, 2.24) is 10.5 Å². The topological polar surface area (TPSA) is 37.0 Å². The lowest BCUT2D eigenvalue weighted by Crippen LogP contribution is -2.21. The normalized spacial score (nSPS) is 16.9. The quantitative estimate of drug-likeness (QED) is 0.792. The average molecular weight is 230 g/mol. The van der Waals surface area contributed by atoms with Crippen molar-refractivity contribution in [3.8, 4) is 0 Å². The molecule has 3 heteroatoms. The molecule has 0 spiro atoms. The van der Waals surface area contributed by atoms with E-state index in [0.29, 0.717) is 6.10 Å². The summed E-state index contributed by atoms with van der Waals surface area (Å²) in [6, 6.07) is 8.53. The molecule has 2 aromatic rings. The molecule has 1 aliphatic rings. The molecule has 90 valence electrons. The molecule has 0 unspecified atom stereocenters. The molecule has 0 saturated heterocycles. The molecule has 3 nitrogen and oxygen atoms in total. The number of hydroxylamine groups is 1. The second kappa shape index (κ2) is 4.90. The van der Waals surface area contributed by atoms with E-state index in [1.807, 2.05) is 6.20 Å². The van der Waals surface area contributed by atoms with Crippen molar-refractivity contribution < 1.29 is 4.84 Å². The van der Waals surface area contributed by atoms with Crippen molar-refractivity contribution in [2.45, 2.75) is 38.3 Å². The fraction of sp³-hybridized carbons (Fsp3) is 0.429. The first-order chi connectivity index (χ1) is 8.42. The van der Waals surface area contributed by atoms with E-state index in [4.69, 9.17) is 4.84 Å². The molecule has 1 fully saturated rings. The molecule has 1 heterocycles. The maximum atomic E-state index is 5.64. The van der Waals surface area contributed by atoms with E-state index in [9.17, 15) is 0 Å². The summed E-state index contributed by atoms with van der Waals surface area (Å²) in [5.74, 6) is 0. The monoisotopic (exact) mass is 230 g/mol. The molecule has 2 N–H and O–H groups in total. The van der Waals surface area contributed by atoms with E-state index in [1.165, 1.54) is 42.1 Å². The Labute approximate surface area is 101 Å². The summed E-state index contributed by atoms with van der Waals surface area (Å²) < 4.78 is 0. The predicted molar refractivity (Wildman–Crippen MR) is 68.5 cm³/mol. The molecule has 0 atom stereocenters. The summed E-state index contributed by atoms with van der Waals surface area (Å²) in [5.41, 5.74) is 5.52. The van der Waals surface area contributed by atoms with Gasteiger partial charge in [0.15, 0.2) is 0 Å². The van der Waals surface area contributed by atoms with Gasteiger partial charge < -0.3 is 4.98 Å². The van der Waals surface area contributed by atoms with Crippen molar-refractivity contribution in [3.05, 3.63) is 36.0 Å². The number of benzene rings is 1. The van der Waals surface area contributed by atoms with Gasteiger partial charge in [0, 0.05) is 18.3 Å². The molecule has 17 heavy (non-hydrogen) atoms. The van der Waals surface area contributed by atoms with Gasteiger partial charge in [0.25, 0.3) is 0 Å². The number of fused-ring (bicyclic) bond motifs is 1. The van der Waals surface area contributed by atoms with Crippen LogP contribution in [0.5, 0.6) is 0 Å². The molecular weight excluding hydrogens is 212 g/mol. The predicted octanol–water partition coefficient (Wildman–Crippen LogP) is 3.13. The average Bonchev–Trinajstić information content (AvgIpc) is 2.98. The van der Waals surface area contributed by atoms with Crippen molar-refractivity contribution in [3.63, 3.8) is 0 Å². The van der Waals surface area contributed by atoms with Crippen LogP contribution in [0.3, 0.4) is 0 Å². The highest BCUT2D eigenvalue weighted by Crippen LogP contribution is 2.20. The van der Waals surface area contributed by atoms with Crippen LogP contribution in [-0.4, -0.2) is 11.1 Å². The van der Waals surface area contributed by atoms with Crippen LogP contribution in [-0.2, 0) is 11.4 Å².